The maximum absolute atomic E-state index is 7.12. The molecule has 0 spiro atoms. The lowest BCUT2D eigenvalue weighted by Gasteiger charge is -2.28. The second-order valence-corrected chi connectivity index (χ2v) is 14.1. The van der Waals surface area contributed by atoms with Crippen LogP contribution in [-0.2, 0) is 27.1 Å². The molecule has 0 aliphatic carbocycles. The quantitative estimate of drug-likeness (QED) is 0.0928. The molecular formula is C44H72N2O3. The summed E-state index contributed by atoms with van der Waals surface area (Å²) in [4.78, 5) is 9.87. The summed E-state index contributed by atoms with van der Waals surface area (Å²) in [5.41, 5.74) is 7.35. The van der Waals surface area contributed by atoms with E-state index in [1.54, 1.807) is 0 Å². The molecule has 2 rings (SSSR count). The largest absolute Gasteiger partial charge is 0.376 e. The van der Waals surface area contributed by atoms with E-state index in [4.69, 9.17) is 24.2 Å². The minimum Gasteiger partial charge on any atom is -0.376 e. The molecule has 4 atom stereocenters. The third-order valence-electron chi connectivity index (χ3n) is 10.5. The van der Waals surface area contributed by atoms with Gasteiger partial charge in [-0.25, -0.2) is 0 Å². The molecule has 0 aromatic carbocycles. The normalized spacial score (nSPS) is 16.3. The lowest BCUT2D eigenvalue weighted by atomic mass is 9.93. The van der Waals surface area contributed by atoms with Gasteiger partial charge in [0.1, 0.15) is 12.2 Å². The number of pyridine rings is 2. The van der Waals surface area contributed by atoms with Gasteiger partial charge in [-0.3, -0.25) is 9.97 Å². The molecule has 0 radical (unpaired) electrons. The van der Waals surface area contributed by atoms with Crippen molar-refractivity contribution in [3.8, 4) is 0 Å². The summed E-state index contributed by atoms with van der Waals surface area (Å²) in [5, 5.41) is 0. The van der Waals surface area contributed by atoms with Gasteiger partial charge >= 0.3 is 0 Å². The van der Waals surface area contributed by atoms with Gasteiger partial charge in [-0.1, -0.05) is 77.0 Å². The molecule has 0 aliphatic heterocycles. The van der Waals surface area contributed by atoms with Gasteiger partial charge in [0, 0.05) is 25.6 Å². The van der Waals surface area contributed by atoms with E-state index in [0.717, 1.165) is 114 Å². The second-order valence-electron chi connectivity index (χ2n) is 14.1. The first-order valence-electron chi connectivity index (χ1n) is 19.8. The van der Waals surface area contributed by atoms with E-state index in [0.29, 0.717) is 0 Å². The predicted octanol–water partition coefficient (Wildman–Crippen LogP) is 12.6. The highest BCUT2D eigenvalue weighted by Crippen LogP contribution is 2.33. The van der Waals surface area contributed by atoms with Gasteiger partial charge < -0.3 is 14.2 Å². The van der Waals surface area contributed by atoms with Gasteiger partial charge in [-0.05, 0) is 141 Å². The van der Waals surface area contributed by atoms with E-state index in [1.807, 2.05) is 12.4 Å². The fourth-order valence-electron chi connectivity index (χ4n) is 6.53. The Morgan fingerprint density at radius 3 is 1.33 bits per heavy atom. The number of ether oxygens (including phenoxy) is 3. The molecule has 0 aliphatic rings. The SMILES string of the molecule is CCOC(C)(CC)CCCC(=CCC(OC(CC=C(CC)CCCC(C)(CC)OCC)c1ccc(CC)cn1)c1ccc(CC)cn1)CC. The van der Waals surface area contributed by atoms with Crippen LogP contribution < -0.4 is 0 Å². The summed E-state index contributed by atoms with van der Waals surface area (Å²) in [5.74, 6) is 0. The first-order valence-corrected chi connectivity index (χ1v) is 19.8. The van der Waals surface area contributed by atoms with Crippen LogP contribution in [0.1, 0.15) is 181 Å². The zero-order valence-electron chi connectivity index (χ0n) is 33.2. The Morgan fingerprint density at radius 2 is 1.04 bits per heavy atom. The zero-order valence-corrected chi connectivity index (χ0v) is 33.2. The maximum Gasteiger partial charge on any atom is 0.104 e. The summed E-state index contributed by atoms with van der Waals surface area (Å²) in [7, 11) is 0. The van der Waals surface area contributed by atoms with Crippen LogP contribution in [0.4, 0.5) is 0 Å². The predicted molar refractivity (Wildman–Crippen MR) is 208 cm³/mol. The van der Waals surface area contributed by atoms with Crippen molar-refractivity contribution < 1.29 is 14.2 Å². The number of rotatable bonds is 26. The molecule has 276 valence electrons. The molecule has 0 saturated heterocycles. The van der Waals surface area contributed by atoms with Crippen LogP contribution in [0.25, 0.3) is 0 Å². The van der Waals surface area contributed by atoms with Gasteiger partial charge in [0.05, 0.1) is 22.6 Å². The highest BCUT2D eigenvalue weighted by molar-refractivity contribution is 5.20. The van der Waals surface area contributed by atoms with Crippen molar-refractivity contribution in [2.24, 2.45) is 0 Å². The zero-order chi connectivity index (χ0) is 36.1. The van der Waals surface area contributed by atoms with Crippen molar-refractivity contribution in [2.75, 3.05) is 13.2 Å². The summed E-state index contributed by atoms with van der Waals surface area (Å²) >= 11 is 0. The van der Waals surface area contributed by atoms with Crippen LogP contribution >= 0.6 is 0 Å². The molecule has 2 aromatic heterocycles. The van der Waals surface area contributed by atoms with Gasteiger partial charge in [-0.15, -0.1) is 0 Å². The maximum atomic E-state index is 7.12. The topological polar surface area (TPSA) is 53.5 Å². The van der Waals surface area contributed by atoms with Crippen LogP contribution in [-0.4, -0.2) is 34.4 Å². The molecule has 49 heavy (non-hydrogen) atoms. The molecule has 4 unspecified atom stereocenters. The molecule has 0 fully saturated rings. The molecule has 2 aromatic rings. The van der Waals surface area contributed by atoms with Gasteiger partial charge in [0.2, 0.25) is 0 Å². The first-order chi connectivity index (χ1) is 23.6. The highest BCUT2D eigenvalue weighted by atomic mass is 16.5. The Morgan fingerprint density at radius 1 is 0.633 bits per heavy atom. The molecule has 0 saturated carbocycles. The van der Waals surface area contributed by atoms with Crippen molar-refractivity contribution in [1.29, 1.82) is 0 Å². The molecular weight excluding hydrogens is 604 g/mol. The fraction of sp³-hybridized carbons (Fsp3) is 0.682. The summed E-state index contributed by atoms with van der Waals surface area (Å²) in [6, 6.07) is 8.73. The monoisotopic (exact) mass is 677 g/mol. The van der Waals surface area contributed by atoms with Crippen LogP contribution in [0.3, 0.4) is 0 Å². The van der Waals surface area contributed by atoms with Crippen molar-refractivity contribution >= 4 is 0 Å². The van der Waals surface area contributed by atoms with E-state index in [2.05, 4.69) is 106 Å². The summed E-state index contributed by atoms with van der Waals surface area (Å²) < 4.78 is 19.3. The Hall–Kier alpha value is -2.34. The van der Waals surface area contributed by atoms with Crippen LogP contribution in [0, 0.1) is 0 Å². The Bertz CT molecular complexity index is 1130. The molecule has 5 nitrogen and oxygen atoms in total. The number of aromatic nitrogens is 2. The third kappa shape index (κ3) is 15.2. The van der Waals surface area contributed by atoms with Crippen LogP contribution in [0.2, 0.25) is 0 Å². The highest BCUT2D eigenvalue weighted by Gasteiger charge is 2.24. The smallest absolute Gasteiger partial charge is 0.104 e. The molecule has 2 heterocycles. The van der Waals surface area contributed by atoms with Gasteiger partial charge in [0.25, 0.3) is 0 Å². The average Bonchev–Trinajstić information content (AvgIpc) is 3.13. The minimum atomic E-state index is -0.163. The Labute approximate surface area is 301 Å². The summed E-state index contributed by atoms with van der Waals surface area (Å²) in [6.45, 7) is 23.6. The molecule has 0 N–H and O–H groups in total. The van der Waals surface area contributed by atoms with Gasteiger partial charge in [0.15, 0.2) is 0 Å². The average molecular weight is 677 g/mol. The van der Waals surface area contributed by atoms with Crippen molar-refractivity contribution in [2.45, 2.75) is 183 Å². The van der Waals surface area contributed by atoms with Crippen molar-refractivity contribution in [3.63, 3.8) is 0 Å². The van der Waals surface area contributed by atoms with Crippen molar-refractivity contribution in [1.82, 2.24) is 9.97 Å². The lowest BCUT2D eigenvalue weighted by Crippen LogP contribution is -2.27. The second kappa shape index (κ2) is 23.2. The molecule has 5 heteroatoms. The van der Waals surface area contributed by atoms with Gasteiger partial charge in [-0.2, -0.15) is 0 Å². The molecule has 0 amide bonds. The fourth-order valence-corrected chi connectivity index (χ4v) is 6.53. The minimum absolute atomic E-state index is 0.0401. The number of nitrogens with zero attached hydrogens (tertiary/aromatic N) is 2. The first kappa shape index (κ1) is 42.8. The number of hydrogen-bond donors (Lipinski definition) is 0. The third-order valence-corrected chi connectivity index (χ3v) is 10.5. The van der Waals surface area contributed by atoms with E-state index in [1.165, 1.54) is 22.3 Å². The number of hydrogen-bond acceptors (Lipinski definition) is 5. The lowest BCUT2D eigenvalue weighted by molar-refractivity contribution is -0.0351. The van der Waals surface area contributed by atoms with Crippen LogP contribution in [0.5, 0.6) is 0 Å². The van der Waals surface area contributed by atoms with E-state index in [9.17, 15) is 0 Å². The van der Waals surface area contributed by atoms with Crippen molar-refractivity contribution in [3.05, 3.63) is 82.5 Å². The van der Waals surface area contributed by atoms with E-state index >= 15 is 0 Å². The number of aryl methyl sites for hydroxylation is 2. The number of allylic oxidation sites excluding steroid dienone is 2. The Balaban J connectivity index is 2.35. The summed E-state index contributed by atoms with van der Waals surface area (Å²) in [6.07, 6.45) is 22.8. The molecule has 0 bridgehead atoms. The Kier molecular flexibility index (Phi) is 20.3. The van der Waals surface area contributed by atoms with E-state index < -0.39 is 0 Å². The van der Waals surface area contributed by atoms with Crippen LogP contribution in [0.15, 0.2) is 60.0 Å². The standard InChI is InChI=1S/C44H72N2O3/c1-11-35(21-19-31-43(9,15-5)47-17-7)25-29-41(39-27-23-37(13-3)33-45-39)49-42(40-28-24-38(14-4)34-46-40)30-26-36(12-2)22-20-32-44(10,16-6)48-18-8/h23-28,33-34,41-42H,11-22,29-32H2,1-10H3. The van der Waals surface area contributed by atoms with E-state index in [-0.39, 0.29) is 23.4 Å².